The molecule has 3 aliphatic heterocycles. The van der Waals surface area contributed by atoms with E-state index in [0.29, 0.717) is 5.56 Å². The van der Waals surface area contributed by atoms with Crippen molar-refractivity contribution in [1.29, 1.82) is 0 Å². The number of nitrogens with one attached hydrogen (secondary N) is 1. The van der Waals surface area contributed by atoms with E-state index in [4.69, 9.17) is 5.73 Å². The minimum atomic E-state index is 0.0435. The number of amides is 2. The van der Waals surface area contributed by atoms with E-state index in [0.717, 1.165) is 83.0 Å². The van der Waals surface area contributed by atoms with Gasteiger partial charge in [-0.3, -0.25) is 19.5 Å². The summed E-state index contributed by atoms with van der Waals surface area (Å²) in [7, 11) is 4.02. The van der Waals surface area contributed by atoms with Gasteiger partial charge in [-0.2, -0.15) is 4.99 Å². The molecule has 3 N–H and O–H groups in total. The Morgan fingerprint density at radius 1 is 1.06 bits per heavy atom. The molecule has 1 aromatic rings. The molecule has 1 atom stereocenters. The predicted octanol–water partition coefficient (Wildman–Crippen LogP) is 1.30. The van der Waals surface area contributed by atoms with Crippen molar-refractivity contribution in [3.05, 3.63) is 29.8 Å². The van der Waals surface area contributed by atoms with Crippen molar-refractivity contribution in [1.82, 2.24) is 19.6 Å². The maximum atomic E-state index is 13.0. The lowest BCUT2D eigenvalue weighted by molar-refractivity contribution is -0.130. The van der Waals surface area contributed by atoms with Crippen LogP contribution < -0.4 is 11.1 Å². The maximum Gasteiger partial charge on any atom is 0.253 e. The molecule has 10 nitrogen and oxygen atoms in total. The van der Waals surface area contributed by atoms with Crippen LogP contribution in [0.5, 0.6) is 0 Å². The normalized spacial score (nSPS) is 22.8. The molecule has 0 radical (unpaired) electrons. The summed E-state index contributed by atoms with van der Waals surface area (Å²) in [6, 6.07) is 7.78. The van der Waals surface area contributed by atoms with Gasteiger partial charge in [0.05, 0.1) is 6.04 Å². The Labute approximate surface area is 214 Å². The molecule has 3 aliphatic rings. The van der Waals surface area contributed by atoms with Crippen LogP contribution in [0.1, 0.15) is 43.0 Å². The Hall–Kier alpha value is -2.98. The Morgan fingerprint density at radius 3 is 2.36 bits per heavy atom. The fraction of sp³-hybridized carbons (Fsp3) is 0.615. The van der Waals surface area contributed by atoms with Gasteiger partial charge in [-0.1, -0.05) is 0 Å². The minimum Gasteiger partial charge on any atom is -0.369 e. The molecule has 3 heterocycles. The number of hydrogen-bond donors (Lipinski definition) is 2. The number of piperidine rings is 1. The number of aliphatic imine (C=N–C) groups is 2. The van der Waals surface area contributed by atoms with E-state index in [2.05, 4.69) is 32.1 Å². The number of guanidine groups is 1. The second-order valence-corrected chi connectivity index (χ2v) is 10.1. The largest absolute Gasteiger partial charge is 0.369 e. The van der Waals surface area contributed by atoms with E-state index in [1.54, 1.807) is 6.92 Å². The fourth-order valence-electron chi connectivity index (χ4n) is 5.26. The number of nitrogens with zero attached hydrogens (tertiary/aromatic N) is 6. The molecule has 0 spiro atoms. The van der Waals surface area contributed by atoms with Crippen LogP contribution in [0.25, 0.3) is 0 Å². The van der Waals surface area contributed by atoms with Crippen LogP contribution in [-0.2, 0) is 4.79 Å². The lowest BCUT2D eigenvalue weighted by Crippen LogP contribution is -2.54. The number of benzene rings is 1. The third-order valence-corrected chi connectivity index (χ3v) is 7.60. The topological polar surface area (TPSA) is 110 Å². The molecule has 4 rings (SSSR count). The van der Waals surface area contributed by atoms with E-state index in [1.165, 1.54) is 0 Å². The minimum absolute atomic E-state index is 0.0435. The number of carbonyl (C=O) groups is 2. The van der Waals surface area contributed by atoms with Gasteiger partial charge in [-0.15, -0.1) is 0 Å². The summed E-state index contributed by atoms with van der Waals surface area (Å²) in [5, 5.41) is 3.14. The highest BCUT2D eigenvalue weighted by atomic mass is 16.2. The van der Waals surface area contributed by atoms with Crippen LogP contribution in [0.4, 0.5) is 5.69 Å². The zero-order valence-electron chi connectivity index (χ0n) is 21.8. The van der Waals surface area contributed by atoms with E-state index < -0.39 is 0 Å². The molecular weight excluding hydrogens is 456 g/mol. The van der Waals surface area contributed by atoms with Crippen LogP contribution in [0, 0.1) is 0 Å². The Kier molecular flexibility index (Phi) is 8.58. The summed E-state index contributed by atoms with van der Waals surface area (Å²) in [4.78, 5) is 42.3. The monoisotopic (exact) mass is 496 g/mol. The first-order chi connectivity index (χ1) is 17.3. The second-order valence-electron chi connectivity index (χ2n) is 10.1. The van der Waals surface area contributed by atoms with Crippen molar-refractivity contribution < 1.29 is 9.59 Å². The van der Waals surface area contributed by atoms with E-state index in [-0.39, 0.29) is 29.9 Å². The molecular formula is C26H40N8O2. The highest BCUT2D eigenvalue weighted by Gasteiger charge is 2.30. The molecule has 1 aromatic carbocycles. The standard InChI is InChI=1S/C26H40N8O2/c1-19(35)33-15-17-34(18-16-33)23-5-4-12-28-24(23)30-26(27)29-21-8-6-20(7-9-21)25(36)32(3)22-10-13-31(2)14-11-22/h6-9,22-23H,4-5,10-18H2,1-3H3,(H3,27,28,29,30). The van der Waals surface area contributed by atoms with Gasteiger partial charge in [0.15, 0.2) is 5.96 Å². The molecule has 0 aromatic heterocycles. The van der Waals surface area contributed by atoms with Gasteiger partial charge < -0.3 is 25.8 Å². The SMILES string of the molecule is CC(=O)N1CCN(C2CCCN=C2N=C(N)Nc2ccc(C(=O)N(C)C3CCN(C)CC3)cc2)CC1. The molecule has 36 heavy (non-hydrogen) atoms. The van der Waals surface area contributed by atoms with Crippen LogP contribution in [0.15, 0.2) is 34.3 Å². The number of anilines is 1. The van der Waals surface area contributed by atoms with Gasteiger partial charge in [0, 0.05) is 64.0 Å². The first-order valence-electron chi connectivity index (χ1n) is 13.0. The second kappa shape index (κ2) is 11.8. The zero-order chi connectivity index (χ0) is 25.7. The summed E-state index contributed by atoms with van der Waals surface area (Å²) in [6.07, 6.45) is 4.01. The maximum absolute atomic E-state index is 13.0. The van der Waals surface area contributed by atoms with Crippen LogP contribution in [0.2, 0.25) is 0 Å². The number of rotatable bonds is 4. The Bertz CT molecular complexity index is 976. The molecule has 2 fully saturated rings. The lowest BCUT2D eigenvalue weighted by atomic mass is 10.0. The smallest absolute Gasteiger partial charge is 0.253 e. The fourth-order valence-corrected chi connectivity index (χ4v) is 5.26. The van der Waals surface area contributed by atoms with Gasteiger partial charge in [-0.25, -0.2) is 0 Å². The molecule has 0 saturated carbocycles. The lowest BCUT2D eigenvalue weighted by Gasteiger charge is -2.39. The van der Waals surface area contributed by atoms with E-state index in [9.17, 15) is 9.59 Å². The number of piperazine rings is 1. The molecule has 0 bridgehead atoms. The number of amidine groups is 1. The van der Waals surface area contributed by atoms with Crippen molar-refractivity contribution in [2.24, 2.45) is 15.7 Å². The molecule has 196 valence electrons. The number of carbonyl (C=O) groups excluding carboxylic acids is 2. The summed E-state index contributed by atoms with van der Waals surface area (Å²) >= 11 is 0. The highest BCUT2D eigenvalue weighted by molar-refractivity contribution is 6.04. The summed E-state index contributed by atoms with van der Waals surface area (Å²) < 4.78 is 0. The predicted molar refractivity (Wildman–Crippen MR) is 143 cm³/mol. The van der Waals surface area contributed by atoms with E-state index in [1.807, 2.05) is 41.1 Å². The third kappa shape index (κ3) is 6.41. The molecule has 2 amide bonds. The van der Waals surface area contributed by atoms with Crippen molar-refractivity contribution in [3.63, 3.8) is 0 Å². The van der Waals surface area contributed by atoms with Crippen LogP contribution in [0.3, 0.4) is 0 Å². The van der Waals surface area contributed by atoms with Crippen LogP contribution in [-0.4, -0.2) is 115 Å². The first-order valence-corrected chi connectivity index (χ1v) is 13.0. The summed E-state index contributed by atoms with van der Waals surface area (Å²) in [5.41, 5.74) is 7.69. The van der Waals surface area contributed by atoms with Crippen molar-refractivity contribution in [3.8, 4) is 0 Å². The average molecular weight is 497 g/mol. The molecule has 10 heteroatoms. The molecule has 2 saturated heterocycles. The quantitative estimate of drug-likeness (QED) is 0.480. The molecule has 0 aliphatic carbocycles. The van der Waals surface area contributed by atoms with Crippen molar-refractivity contribution in [2.45, 2.75) is 44.7 Å². The first kappa shape index (κ1) is 26.1. The number of nitrogens with two attached hydrogens (primary N) is 1. The van der Waals surface area contributed by atoms with Gasteiger partial charge in [0.25, 0.3) is 5.91 Å². The van der Waals surface area contributed by atoms with E-state index >= 15 is 0 Å². The highest BCUT2D eigenvalue weighted by Crippen LogP contribution is 2.20. The number of hydrogen-bond acceptors (Lipinski definition) is 6. The molecule has 1 unspecified atom stereocenters. The van der Waals surface area contributed by atoms with Gasteiger partial charge in [-0.05, 0) is 70.1 Å². The average Bonchev–Trinajstić information content (AvgIpc) is 2.89. The van der Waals surface area contributed by atoms with Crippen molar-refractivity contribution >= 4 is 29.3 Å². The third-order valence-electron chi connectivity index (χ3n) is 7.60. The van der Waals surface area contributed by atoms with Gasteiger partial charge in [0.2, 0.25) is 5.91 Å². The zero-order valence-corrected chi connectivity index (χ0v) is 21.8. The number of likely N-dealkylation sites (tertiary alicyclic amines) is 1. The summed E-state index contributed by atoms with van der Waals surface area (Å²) in [5.74, 6) is 1.20. The summed E-state index contributed by atoms with van der Waals surface area (Å²) in [6.45, 7) is 7.49. The Morgan fingerprint density at radius 2 is 1.72 bits per heavy atom. The van der Waals surface area contributed by atoms with Gasteiger partial charge in [0.1, 0.15) is 5.84 Å². The van der Waals surface area contributed by atoms with Crippen LogP contribution >= 0.6 is 0 Å². The Balaban J connectivity index is 1.35. The van der Waals surface area contributed by atoms with Gasteiger partial charge >= 0.3 is 0 Å². The van der Waals surface area contributed by atoms with Crippen molar-refractivity contribution in [2.75, 3.05) is 65.2 Å².